The summed E-state index contributed by atoms with van der Waals surface area (Å²) in [6.07, 6.45) is 5.03. The number of nitrogens with one attached hydrogen (secondary N) is 1. The molecule has 0 spiro atoms. The maximum absolute atomic E-state index is 4.46. The third kappa shape index (κ3) is 2.14. The molecule has 108 valence electrons. The Labute approximate surface area is 131 Å². The quantitative estimate of drug-likeness (QED) is 0.625. The number of aromatic nitrogens is 4. The topological polar surface area (TPSA) is 55.6 Å². The predicted molar refractivity (Wildman–Crippen MR) is 89.3 cm³/mol. The van der Waals surface area contributed by atoms with E-state index in [0.717, 1.165) is 22.5 Å². The molecule has 0 atom stereocenters. The highest BCUT2D eigenvalue weighted by atomic mass is 32.1. The van der Waals surface area contributed by atoms with Crippen molar-refractivity contribution >= 4 is 33.9 Å². The van der Waals surface area contributed by atoms with Crippen molar-refractivity contribution in [2.75, 3.05) is 5.32 Å². The smallest absolute Gasteiger partial charge is 0.140 e. The van der Waals surface area contributed by atoms with Crippen LogP contribution in [0.4, 0.5) is 11.6 Å². The second-order valence-corrected chi connectivity index (χ2v) is 5.69. The minimum Gasteiger partial charge on any atom is -0.343 e. The molecule has 0 radical (unpaired) electrons. The van der Waals surface area contributed by atoms with Gasteiger partial charge in [-0.1, -0.05) is 0 Å². The Balaban J connectivity index is 1.85. The number of anilines is 2. The van der Waals surface area contributed by atoms with Crippen LogP contribution in [0, 0.1) is 0 Å². The van der Waals surface area contributed by atoms with Crippen LogP contribution in [0.2, 0.25) is 0 Å². The molecule has 0 amide bonds. The Kier molecular flexibility index (Phi) is 3.08. The number of pyridine rings is 1. The molecule has 0 saturated heterocycles. The standard InChI is InChI=1S/C16H13N5S/c1-21-13-2-6-18-16(20-15-3-5-17-10-19-15)12(13)8-14(21)11-4-7-22-9-11/h2-10H,1H3,(H,17,18,19,20). The van der Waals surface area contributed by atoms with Crippen LogP contribution < -0.4 is 5.32 Å². The molecule has 6 heteroatoms. The minimum absolute atomic E-state index is 0.732. The second kappa shape index (κ2) is 5.23. The van der Waals surface area contributed by atoms with Gasteiger partial charge in [-0.3, -0.25) is 0 Å². The SMILES string of the molecule is Cn1c(-c2ccsc2)cc2c(Nc3ccncn3)nccc21. The minimum atomic E-state index is 0.732. The van der Waals surface area contributed by atoms with Crippen LogP contribution in [0.25, 0.3) is 22.2 Å². The summed E-state index contributed by atoms with van der Waals surface area (Å²) in [5.74, 6) is 1.53. The maximum Gasteiger partial charge on any atom is 0.140 e. The zero-order valence-corrected chi connectivity index (χ0v) is 12.7. The Morgan fingerprint density at radius 2 is 2.09 bits per heavy atom. The van der Waals surface area contributed by atoms with E-state index in [4.69, 9.17) is 0 Å². The van der Waals surface area contributed by atoms with Gasteiger partial charge in [-0.15, -0.1) is 0 Å². The molecule has 0 unspecified atom stereocenters. The van der Waals surface area contributed by atoms with Crippen molar-refractivity contribution in [2.45, 2.75) is 0 Å². The van der Waals surface area contributed by atoms with E-state index >= 15 is 0 Å². The molecule has 4 heterocycles. The third-order valence-corrected chi connectivity index (χ3v) is 4.30. The van der Waals surface area contributed by atoms with Crippen LogP contribution >= 0.6 is 11.3 Å². The fourth-order valence-electron chi connectivity index (χ4n) is 2.53. The number of aryl methyl sites for hydroxylation is 1. The van der Waals surface area contributed by atoms with Gasteiger partial charge < -0.3 is 9.88 Å². The van der Waals surface area contributed by atoms with Gasteiger partial charge in [0.25, 0.3) is 0 Å². The molecular formula is C16H13N5S. The lowest BCUT2D eigenvalue weighted by molar-refractivity contribution is 0.978. The molecule has 22 heavy (non-hydrogen) atoms. The van der Waals surface area contributed by atoms with Crippen LogP contribution in [-0.4, -0.2) is 19.5 Å². The molecule has 0 bridgehead atoms. The van der Waals surface area contributed by atoms with Crippen LogP contribution in [0.5, 0.6) is 0 Å². The van der Waals surface area contributed by atoms with Crippen molar-refractivity contribution in [1.29, 1.82) is 0 Å². The molecular weight excluding hydrogens is 294 g/mol. The number of rotatable bonds is 3. The van der Waals surface area contributed by atoms with Gasteiger partial charge in [-0.2, -0.15) is 11.3 Å². The lowest BCUT2D eigenvalue weighted by Crippen LogP contribution is -1.96. The molecule has 1 N–H and O–H groups in total. The van der Waals surface area contributed by atoms with Crippen LogP contribution in [0.3, 0.4) is 0 Å². The zero-order chi connectivity index (χ0) is 14.9. The lowest BCUT2D eigenvalue weighted by atomic mass is 10.2. The zero-order valence-electron chi connectivity index (χ0n) is 11.9. The van der Waals surface area contributed by atoms with Gasteiger partial charge in [-0.05, 0) is 29.6 Å². The van der Waals surface area contributed by atoms with Gasteiger partial charge in [0.15, 0.2) is 0 Å². The summed E-state index contributed by atoms with van der Waals surface area (Å²) in [5.41, 5.74) is 3.53. The Morgan fingerprint density at radius 3 is 2.86 bits per heavy atom. The molecule has 0 aliphatic rings. The Morgan fingerprint density at radius 1 is 1.14 bits per heavy atom. The first-order valence-electron chi connectivity index (χ1n) is 6.83. The molecule has 5 nitrogen and oxygen atoms in total. The highest BCUT2D eigenvalue weighted by Crippen LogP contribution is 2.32. The van der Waals surface area contributed by atoms with E-state index in [9.17, 15) is 0 Å². The monoisotopic (exact) mass is 307 g/mol. The predicted octanol–water partition coefficient (Wildman–Crippen LogP) is 3.84. The molecule has 0 saturated carbocycles. The summed E-state index contributed by atoms with van der Waals surface area (Å²) >= 11 is 1.70. The number of thiophene rings is 1. The second-order valence-electron chi connectivity index (χ2n) is 4.91. The van der Waals surface area contributed by atoms with E-state index in [1.165, 1.54) is 17.6 Å². The van der Waals surface area contributed by atoms with Gasteiger partial charge in [0.1, 0.15) is 18.0 Å². The van der Waals surface area contributed by atoms with Gasteiger partial charge >= 0.3 is 0 Å². The summed E-state index contributed by atoms with van der Waals surface area (Å²) in [5, 5.41) is 8.57. The van der Waals surface area contributed by atoms with Crippen molar-refractivity contribution in [3.63, 3.8) is 0 Å². The first-order valence-corrected chi connectivity index (χ1v) is 7.77. The van der Waals surface area contributed by atoms with E-state index in [-0.39, 0.29) is 0 Å². The van der Waals surface area contributed by atoms with Crippen molar-refractivity contribution in [1.82, 2.24) is 19.5 Å². The fraction of sp³-hybridized carbons (Fsp3) is 0.0625. The van der Waals surface area contributed by atoms with Gasteiger partial charge in [0.2, 0.25) is 0 Å². The van der Waals surface area contributed by atoms with Crippen molar-refractivity contribution in [3.05, 3.63) is 53.7 Å². The van der Waals surface area contributed by atoms with E-state index in [1.807, 2.05) is 18.3 Å². The highest BCUT2D eigenvalue weighted by Gasteiger charge is 2.12. The van der Waals surface area contributed by atoms with E-state index < -0.39 is 0 Å². The average Bonchev–Trinajstić information content (AvgIpc) is 3.18. The van der Waals surface area contributed by atoms with Crippen LogP contribution in [-0.2, 0) is 7.05 Å². The maximum atomic E-state index is 4.46. The molecule has 0 fully saturated rings. The van der Waals surface area contributed by atoms with Gasteiger partial charge in [0, 0.05) is 41.5 Å². The summed E-state index contributed by atoms with van der Waals surface area (Å²) in [7, 11) is 2.07. The summed E-state index contributed by atoms with van der Waals surface area (Å²) in [4.78, 5) is 12.6. The summed E-state index contributed by atoms with van der Waals surface area (Å²) in [6, 6.07) is 8.14. The van der Waals surface area contributed by atoms with Crippen LogP contribution in [0.15, 0.2) is 53.7 Å². The molecule has 4 aromatic heterocycles. The third-order valence-electron chi connectivity index (χ3n) is 3.62. The van der Waals surface area contributed by atoms with E-state index in [2.05, 4.69) is 54.8 Å². The number of hydrogen-bond acceptors (Lipinski definition) is 5. The molecule has 0 aromatic carbocycles. The largest absolute Gasteiger partial charge is 0.343 e. The Hall–Kier alpha value is -2.73. The molecule has 0 aliphatic heterocycles. The molecule has 4 rings (SSSR count). The number of nitrogens with zero attached hydrogens (tertiary/aromatic N) is 4. The van der Waals surface area contributed by atoms with Gasteiger partial charge in [0.05, 0.1) is 5.52 Å². The lowest BCUT2D eigenvalue weighted by Gasteiger charge is -2.05. The highest BCUT2D eigenvalue weighted by molar-refractivity contribution is 7.08. The first kappa shape index (κ1) is 13.0. The fourth-order valence-corrected chi connectivity index (χ4v) is 3.18. The number of fused-ring (bicyclic) bond motifs is 1. The average molecular weight is 307 g/mol. The molecule has 4 aromatic rings. The van der Waals surface area contributed by atoms with E-state index in [0.29, 0.717) is 0 Å². The first-order chi connectivity index (χ1) is 10.8. The van der Waals surface area contributed by atoms with Crippen LogP contribution in [0.1, 0.15) is 0 Å². The van der Waals surface area contributed by atoms with Crippen molar-refractivity contribution in [2.24, 2.45) is 7.05 Å². The summed E-state index contributed by atoms with van der Waals surface area (Å²) < 4.78 is 2.18. The van der Waals surface area contributed by atoms with Gasteiger partial charge in [-0.25, -0.2) is 15.0 Å². The Bertz CT molecular complexity index is 913. The normalized spacial score (nSPS) is 11.0. The number of hydrogen-bond donors (Lipinski definition) is 1. The summed E-state index contributed by atoms with van der Waals surface area (Å²) in [6.45, 7) is 0. The molecule has 0 aliphatic carbocycles. The van der Waals surface area contributed by atoms with Crippen molar-refractivity contribution < 1.29 is 0 Å². The van der Waals surface area contributed by atoms with Crippen molar-refractivity contribution in [3.8, 4) is 11.3 Å². The van der Waals surface area contributed by atoms with E-state index in [1.54, 1.807) is 17.5 Å².